The minimum absolute atomic E-state index is 0.0336. The van der Waals surface area contributed by atoms with Gasteiger partial charge >= 0.3 is 11.7 Å². The number of hydrogen-bond donors (Lipinski definition) is 0. The van der Waals surface area contributed by atoms with E-state index in [-0.39, 0.29) is 11.4 Å². The normalized spacial score (nSPS) is 18.2. The molecule has 1 aliphatic heterocycles. The van der Waals surface area contributed by atoms with E-state index in [2.05, 4.69) is 15.9 Å². The Labute approximate surface area is 110 Å². The lowest BCUT2D eigenvalue weighted by Crippen LogP contribution is -2.16. The fraction of sp³-hybridized carbons (Fsp3) is 0.182. The average molecular weight is 314 g/mol. The summed E-state index contributed by atoms with van der Waals surface area (Å²) in [4.78, 5) is 21.5. The first-order valence-corrected chi connectivity index (χ1v) is 5.77. The summed E-state index contributed by atoms with van der Waals surface area (Å²) in [6, 6.07) is 4.44. The maximum Gasteiger partial charge on any atom is 0.336 e. The van der Waals surface area contributed by atoms with Crippen molar-refractivity contribution in [1.82, 2.24) is 0 Å². The molecule has 0 aromatic heterocycles. The Morgan fingerprint density at radius 1 is 1.50 bits per heavy atom. The number of halogens is 1. The number of nitro groups is 1. The first kappa shape index (κ1) is 12.6. The number of ether oxygens (including phenoxy) is 2. The van der Waals surface area contributed by atoms with Crippen molar-refractivity contribution in [3.05, 3.63) is 44.4 Å². The van der Waals surface area contributed by atoms with E-state index in [9.17, 15) is 14.9 Å². The van der Waals surface area contributed by atoms with Crippen molar-refractivity contribution in [1.29, 1.82) is 0 Å². The van der Waals surface area contributed by atoms with Crippen LogP contribution in [0.5, 0.6) is 5.75 Å². The molecule has 1 aromatic rings. The molecule has 2 rings (SSSR count). The molecule has 0 fully saturated rings. The van der Waals surface area contributed by atoms with Crippen molar-refractivity contribution in [2.45, 2.75) is 13.2 Å². The maximum atomic E-state index is 11.2. The number of esters is 1. The third-order valence-electron chi connectivity index (χ3n) is 2.31. The number of nitrogens with zero attached hydrogens (tertiary/aromatic N) is 1. The second kappa shape index (κ2) is 4.77. The lowest BCUT2D eigenvalue weighted by molar-refractivity contribution is -0.386. The van der Waals surface area contributed by atoms with E-state index in [1.807, 2.05) is 0 Å². The van der Waals surface area contributed by atoms with Crippen LogP contribution in [0.3, 0.4) is 0 Å². The first-order valence-electron chi connectivity index (χ1n) is 4.98. The average Bonchev–Trinajstić information content (AvgIpc) is 2.60. The summed E-state index contributed by atoms with van der Waals surface area (Å²) in [6.07, 6.45) is 0.529. The third-order valence-corrected chi connectivity index (χ3v) is 2.93. The molecular weight excluding hydrogens is 306 g/mol. The molecule has 7 heteroatoms. The van der Waals surface area contributed by atoms with Crippen molar-refractivity contribution in [3.63, 3.8) is 0 Å². The van der Waals surface area contributed by atoms with Gasteiger partial charge in [-0.15, -0.1) is 0 Å². The van der Waals surface area contributed by atoms with Crippen LogP contribution in [0.2, 0.25) is 0 Å². The van der Waals surface area contributed by atoms with Crippen molar-refractivity contribution in [3.8, 4) is 5.75 Å². The van der Waals surface area contributed by atoms with Crippen LogP contribution in [0.4, 0.5) is 5.69 Å². The van der Waals surface area contributed by atoms with Gasteiger partial charge in [0.05, 0.1) is 9.40 Å². The van der Waals surface area contributed by atoms with Gasteiger partial charge in [-0.3, -0.25) is 10.1 Å². The third kappa shape index (κ3) is 2.35. The molecule has 0 N–H and O–H groups in total. The van der Waals surface area contributed by atoms with Crippen molar-refractivity contribution >= 4 is 27.6 Å². The fourth-order valence-electron chi connectivity index (χ4n) is 1.44. The maximum absolute atomic E-state index is 11.2. The first-order chi connectivity index (χ1) is 8.49. The topological polar surface area (TPSA) is 78.7 Å². The summed E-state index contributed by atoms with van der Waals surface area (Å²) in [5, 5.41) is 10.9. The van der Waals surface area contributed by atoms with Crippen LogP contribution in [0, 0.1) is 10.1 Å². The van der Waals surface area contributed by atoms with Crippen LogP contribution in [-0.4, -0.2) is 17.2 Å². The van der Waals surface area contributed by atoms with Gasteiger partial charge in [0.1, 0.15) is 0 Å². The Morgan fingerprint density at radius 2 is 2.22 bits per heavy atom. The zero-order chi connectivity index (χ0) is 13.3. The Hall–Kier alpha value is -1.89. The van der Waals surface area contributed by atoms with Crippen LogP contribution in [0.1, 0.15) is 6.92 Å². The number of rotatable bonds is 3. The van der Waals surface area contributed by atoms with Gasteiger partial charge in [-0.2, -0.15) is 0 Å². The van der Waals surface area contributed by atoms with Gasteiger partial charge in [0.2, 0.25) is 5.75 Å². The molecule has 1 heterocycles. The minimum Gasteiger partial charge on any atom is -0.443 e. The number of carbonyl (C=O) groups excluding carboxylic acids is 1. The lowest BCUT2D eigenvalue weighted by atomic mass is 10.3. The van der Waals surface area contributed by atoms with Gasteiger partial charge in [-0.1, -0.05) is 6.07 Å². The van der Waals surface area contributed by atoms with Gasteiger partial charge < -0.3 is 9.47 Å². The van der Waals surface area contributed by atoms with Crippen LogP contribution in [-0.2, 0) is 9.53 Å². The van der Waals surface area contributed by atoms with Crippen molar-refractivity contribution in [2.24, 2.45) is 0 Å². The number of hydrogen-bond acceptors (Lipinski definition) is 5. The molecular formula is C11H8BrNO5. The molecule has 1 aromatic carbocycles. The smallest absolute Gasteiger partial charge is 0.336 e. The molecule has 0 aliphatic carbocycles. The molecule has 1 unspecified atom stereocenters. The number of cyclic esters (lactones) is 1. The second-order valence-electron chi connectivity index (χ2n) is 3.59. The largest absolute Gasteiger partial charge is 0.443 e. The molecule has 6 nitrogen and oxygen atoms in total. The monoisotopic (exact) mass is 313 g/mol. The molecule has 0 saturated heterocycles. The minimum atomic E-state index is -0.935. The number of para-hydroxylation sites is 1. The molecule has 18 heavy (non-hydrogen) atoms. The van der Waals surface area contributed by atoms with Gasteiger partial charge in [0, 0.05) is 17.7 Å². The molecule has 0 radical (unpaired) electrons. The highest BCUT2D eigenvalue weighted by molar-refractivity contribution is 9.10. The Bertz CT molecular complexity index is 554. The summed E-state index contributed by atoms with van der Waals surface area (Å²) in [5.74, 6) is -0.457. The van der Waals surface area contributed by atoms with E-state index < -0.39 is 17.2 Å². The van der Waals surface area contributed by atoms with E-state index in [0.717, 1.165) is 0 Å². The predicted molar refractivity (Wildman–Crippen MR) is 65.1 cm³/mol. The summed E-state index contributed by atoms with van der Waals surface area (Å²) < 4.78 is 10.6. The molecule has 0 amide bonds. The summed E-state index contributed by atoms with van der Waals surface area (Å²) in [7, 11) is 0. The highest BCUT2D eigenvalue weighted by Gasteiger charge is 2.27. The van der Waals surface area contributed by atoms with E-state index in [0.29, 0.717) is 10.0 Å². The van der Waals surface area contributed by atoms with E-state index in [1.54, 1.807) is 13.0 Å². The Balaban J connectivity index is 2.30. The SMILES string of the molecule is CC1=CC(Oc2c(Br)cccc2[N+](=O)[O-])OC1=O. The molecule has 0 bridgehead atoms. The zero-order valence-corrected chi connectivity index (χ0v) is 10.8. The highest BCUT2D eigenvalue weighted by atomic mass is 79.9. The Kier molecular flexibility index (Phi) is 3.33. The zero-order valence-electron chi connectivity index (χ0n) is 9.25. The van der Waals surface area contributed by atoms with Gasteiger partial charge in [0.25, 0.3) is 6.29 Å². The number of nitro benzene ring substituents is 1. The Morgan fingerprint density at radius 3 is 2.78 bits per heavy atom. The van der Waals surface area contributed by atoms with Crippen LogP contribution < -0.4 is 4.74 Å². The van der Waals surface area contributed by atoms with Gasteiger partial charge in [-0.25, -0.2) is 4.79 Å². The molecule has 1 aliphatic rings. The van der Waals surface area contributed by atoms with E-state index in [1.165, 1.54) is 18.2 Å². The second-order valence-corrected chi connectivity index (χ2v) is 4.44. The number of benzene rings is 1. The van der Waals surface area contributed by atoms with Crippen molar-refractivity contribution in [2.75, 3.05) is 0 Å². The molecule has 1 atom stereocenters. The standard InChI is InChI=1S/C11H8BrNO5/c1-6-5-9(18-11(6)14)17-10-7(12)3-2-4-8(10)13(15)16/h2-5,9H,1H3. The fourth-order valence-corrected chi connectivity index (χ4v) is 1.89. The summed E-state index contributed by atoms with van der Waals surface area (Å²) >= 11 is 3.16. The summed E-state index contributed by atoms with van der Waals surface area (Å²) in [5.41, 5.74) is 0.216. The lowest BCUT2D eigenvalue weighted by Gasteiger charge is -2.12. The molecule has 94 valence electrons. The van der Waals surface area contributed by atoms with E-state index >= 15 is 0 Å². The van der Waals surface area contributed by atoms with Crippen LogP contribution in [0.15, 0.2) is 34.3 Å². The van der Waals surface area contributed by atoms with Crippen LogP contribution in [0.25, 0.3) is 0 Å². The highest BCUT2D eigenvalue weighted by Crippen LogP contribution is 2.36. The van der Waals surface area contributed by atoms with E-state index in [4.69, 9.17) is 9.47 Å². The van der Waals surface area contributed by atoms with Gasteiger partial charge in [-0.05, 0) is 28.9 Å². The van der Waals surface area contributed by atoms with Crippen molar-refractivity contribution < 1.29 is 19.2 Å². The molecule has 0 spiro atoms. The predicted octanol–water partition coefficient (Wildman–Crippen LogP) is 2.57. The van der Waals surface area contributed by atoms with Gasteiger partial charge in [0.15, 0.2) is 0 Å². The molecule has 0 saturated carbocycles. The quantitative estimate of drug-likeness (QED) is 0.487. The number of carbonyl (C=O) groups is 1. The van der Waals surface area contributed by atoms with Crippen LogP contribution >= 0.6 is 15.9 Å². The summed E-state index contributed by atoms with van der Waals surface area (Å²) in [6.45, 7) is 1.58.